The first kappa shape index (κ1) is 8.01. The SMILES string of the molecule is Brc1cc2sccc2cc1I. The molecule has 0 unspecified atom stereocenters. The van der Waals surface area contributed by atoms with Gasteiger partial charge in [0.1, 0.15) is 0 Å². The predicted octanol–water partition coefficient (Wildman–Crippen LogP) is 4.27. The summed E-state index contributed by atoms with van der Waals surface area (Å²) in [5.41, 5.74) is 0. The Hall–Kier alpha value is 0.390. The third-order valence-electron chi connectivity index (χ3n) is 1.50. The summed E-state index contributed by atoms with van der Waals surface area (Å²) in [6.07, 6.45) is 0. The minimum Gasteiger partial charge on any atom is -0.144 e. The number of hydrogen-bond donors (Lipinski definition) is 0. The van der Waals surface area contributed by atoms with Gasteiger partial charge in [0.2, 0.25) is 0 Å². The van der Waals surface area contributed by atoms with Crippen molar-refractivity contribution >= 4 is 59.9 Å². The van der Waals surface area contributed by atoms with Gasteiger partial charge < -0.3 is 0 Å². The van der Waals surface area contributed by atoms with Crippen molar-refractivity contribution in [2.75, 3.05) is 0 Å². The molecule has 0 radical (unpaired) electrons. The third-order valence-corrected chi connectivity index (χ3v) is 4.66. The minimum atomic E-state index is 1.19. The standard InChI is InChI=1S/C8H4BrIS/c9-6-4-8-5(1-2-11-8)3-7(6)10/h1-4H. The van der Waals surface area contributed by atoms with E-state index in [1.54, 1.807) is 11.3 Å². The summed E-state index contributed by atoms with van der Waals surface area (Å²) in [4.78, 5) is 0. The highest BCUT2D eigenvalue weighted by atomic mass is 127. The zero-order valence-corrected chi connectivity index (χ0v) is 10.0. The van der Waals surface area contributed by atoms with Crippen molar-refractivity contribution in [3.05, 3.63) is 31.6 Å². The number of fused-ring (bicyclic) bond motifs is 1. The van der Waals surface area contributed by atoms with Crippen molar-refractivity contribution in [1.29, 1.82) is 0 Å². The molecular weight excluding hydrogens is 335 g/mol. The Morgan fingerprint density at radius 2 is 2.18 bits per heavy atom. The molecule has 0 saturated carbocycles. The van der Waals surface area contributed by atoms with Crippen LogP contribution in [0.5, 0.6) is 0 Å². The van der Waals surface area contributed by atoms with Crippen LogP contribution in [0.4, 0.5) is 0 Å². The normalized spacial score (nSPS) is 10.7. The smallest absolute Gasteiger partial charge is 0.0354 e. The zero-order chi connectivity index (χ0) is 7.84. The Bertz CT molecular complexity index is 358. The average molecular weight is 339 g/mol. The van der Waals surface area contributed by atoms with Crippen LogP contribution in [0.2, 0.25) is 0 Å². The van der Waals surface area contributed by atoms with Gasteiger partial charge in [-0.3, -0.25) is 0 Å². The summed E-state index contributed by atoms with van der Waals surface area (Å²) < 4.78 is 3.80. The van der Waals surface area contributed by atoms with E-state index in [1.807, 2.05) is 0 Å². The summed E-state index contributed by atoms with van der Waals surface area (Å²) in [7, 11) is 0. The lowest BCUT2D eigenvalue weighted by atomic mass is 10.3. The Labute approximate surface area is 90.9 Å². The first-order valence-electron chi connectivity index (χ1n) is 3.09. The number of halogens is 2. The van der Waals surface area contributed by atoms with Crippen LogP contribution >= 0.6 is 49.9 Å². The molecule has 56 valence electrons. The lowest BCUT2D eigenvalue weighted by Crippen LogP contribution is -1.71. The van der Waals surface area contributed by atoms with Crippen molar-refractivity contribution in [2.24, 2.45) is 0 Å². The van der Waals surface area contributed by atoms with Crippen LogP contribution in [0, 0.1) is 3.57 Å². The molecule has 0 saturated heterocycles. The van der Waals surface area contributed by atoms with Gasteiger partial charge in [-0.05, 0) is 67.5 Å². The molecule has 0 spiro atoms. The Balaban J connectivity index is 2.86. The van der Waals surface area contributed by atoms with E-state index in [0.29, 0.717) is 0 Å². The predicted molar refractivity (Wildman–Crippen MR) is 62.2 cm³/mol. The molecule has 1 aromatic heterocycles. The van der Waals surface area contributed by atoms with Crippen LogP contribution in [0.25, 0.3) is 10.1 Å². The number of thiophene rings is 1. The number of hydrogen-bond acceptors (Lipinski definition) is 1. The van der Waals surface area contributed by atoms with E-state index < -0.39 is 0 Å². The van der Waals surface area contributed by atoms with E-state index in [0.717, 1.165) is 0 Å². The molecule has 0 fully saturated rings. The van der Waals surface area contributed by atoms with Crippen molar-refractivity contribution in [1.82, 2.24) is 0 Å². The fourth-order valence-corrected chi connectivity index (χ4v) is 2.75. The van der Waals surface area contributed by atoms with Gasteiger partial charge in [0.05, 0.1) is 0 Å². The topological polar surface area (TPSA) is 0 Å². The molecule has 0 aliphatic heterocycles. The molecule has 0 aliphatic rings. The van der Waals surface area contributed by atoms with Gasteiger partial charge in [0.25, 0.3) is 0 Å². The van der Waals surface area contributed by atoms with Crippen LogP contribution in [-0.2, 0) is 0 Å². The summed E-state index contributed by atoms with van der Waals surface area (Å²) in [5.74, 6) is 0. The van der Waals surface area contributed by atoms with Gasteiger partial charge in [-0.25, -0.2) is 0 Å². The Morgan fingerprint density at radius 1 is 1.36 bits per heavy atom. The molecule has 1 aromatic carbocycles. The van der Waals surface area contributed by atoms with E-state index in [1.165, 1.54) is 18.1 Å². The second-order valence-corrected chi connectivity index (χ2v) is 5.19. The molecule has 0 amide bonds. The second kappa shape index (κ2) is 3.03. The number of benzene rings is 1. The van der Waals surface area contributed by atoms with Crippen molar-refractivity contribution < 1.29 is 0 Å². The molecule has 2 aromatic rings. The Kier molecular flexibility index (Phi) is 2.21. The quantitative estimate of drug-likeness (QED) is 0.629. The van der Waals surface area contributed by atoms with Crippen LogP contribution in [0.3, 0.4) is 0 Å². The average Bonchev–Trinajstić information content (AvgIpc) is 2.36. The Morgan fingerprint density at radius 3 is 3.00 bits per heavy atom. The molecular formula is C8H4BrIS. The number of rotatable bonds is 0. The van der Waals surface area contributed by atoms with Gasteiger partial charge in [0.15, 0.2) is 0 Å². The van der Waals surface area contributed by atoms with E-state index in [9.17, 15) is 0 Å². The molecule has 1 heterocycles. The first-order valence-corrected chi connectivity index (χ1v) is 5.85. The van der Waals surface area contributed by atoms with Crippen LogP contribution in [0.1, 0.15) is 0 Å². The maximum Gasteiger partial charge on any atom is 0.0354 e. The van der Waals surface area contributed by atoms with E-state index >= 15 is 0 Å². The fraction of sp³-hybridized carbons (Fsp3) is 0. The monoisotopic (exact) mass is 338 g/mol. The van der Waals surface area contributed by atoms with Crippen molar-refractivity contribution in [3.63, 3.8) is 0 Å². The van der Waals surface area contributed by atoms with E-state index in [2.05, 4.69) is 62.1 Å². The molecule has 0 atom stereocenters. The van der Waals surface area contributed by atoms with Gasteiger partial charge >= 0.3 is 0 Å². The molecule has 2 rings (SSSR count). The van der Waals surface area contributed by atoms with Crippen LogP contribution in [-0.4, -0.2) is 0 Å². The fourth-order valence-electron chi connectivity index (χ4n) is 0.957. The van der Waals surface area contributed by atoms with E-state index in [-0.39, 0.29) is 0 Å². The molecule has 0 N–H and O–H groups in total. The van der Waals surface area contributed by atoms with Crippen LogP contribution in [0.15, 0.2) is 28.1 Å². The van der Waals surface area contributed by atoms with Crippen LogP contribution < -0.4 is 0 Å². The third kappa shape index (κ3) is 1.46. The summed E-state index contributed by atoms with van der Waals surface area (Å²) in [6, 6.07) is 6.51. The summed E-state index contributed by atoms with van der Waals surface area (Å²) in [6.45, 7) is 0. The van der Waals surface area contributed by atoms with Gasteiger partial charge in [-0.15, -0.1) is 11.3 Å². The summed E-state index contributed by atoms with van der Waals surface area (Å²) in [5, 5.41) is 3.45. The van der Waals surface area contributed by atoms with Crippen molar-refractivity contribution in [3.8, 4) is 0 Å². The minimum absolute atomic E-state index is 1.19. The van der Waals surface area contributed by atoms with Gasteiger partial charge in [-0.1, -0.05) is 0 Å². The molecule has 0 nitrogen and oxygen atoms in total. The molecule has 11 heavy (non-hydrogen) atoms. The second-order valence-electron chi connectivity index (χ2n) is 2.22. The van der Waals surface area contributed by atoms with Crippen molar-refractivity contribution in [2.45, 2.75) is 0 Å². The molecule has 0 bridgehead atoms. The first-order chi connectivity index (χ1) is 5.27. The zero-order valence-electron chi connectivity index (χ0n) is 5.47. The highest BCUT2D eigenvalue weighted by Gasteiger charge is 1.99. The lowest BCUT2D eigenvalue weighted by molar-refractivity contribution is 1.68. The molecule has 3 heteroatoms. The molecule has 0 aliphatic carbocycles. The highest BCUT2D eigenvalue weighted by molar-refractivity contribution is 14.1. The largest absolute Gasteiger partial charge is 0.144 e. The summed E-state index contributed by atoms with van der Waals surface area (Å²) >= 11 is 7.60. The maximum absolute atomic E-state index is 3.50. The van der Waals surface area contributed by atoms with Gasteiger partial charge in [-0.2, -0.15) is 0 Å². The maximum atomic E-state index is 3.50. The highest BCUT2D eigenvalue weighted by Crippen LogP contribution is 2.28. The lowest BCUT2D eigenvalue weighted by Gasteiger charge is -1.94. The van der Waals surface area contributed by atoms with E-state index in [4.69, 9.17) is 0 Å². The van der Waals surface area contributed by atoms with Gasteiger partial charge in [0, 0.05) is 12.7 Å².